The van der Waals surface area contributed by atoms with E-state index in [9.17, 15) is 13.2 Å². The van der Waals surface area contributed by atoms with Crippen molar-refractivity contribution >= 4 is 16.6 Å². The number of nitrogens with zero attached hydrogens (tertiary/aromatic N) is 5. The topological polar surface area (TPSA) is 81.6 Å². The van der Waals surface area contributed by atoms with Crippen molar-refractivity contribution in [1.29, 1.82) is 0 Å². The Hall–Kier alpha value is -3.24. The van der Waals surface area contributed by atoms with Crippen molar-refractivity contribution in [2.45, 2.75) is 37.5 Å². The number of alkyl halides is 3. The maximum Gasteiger partial charge on any atom is 0.408 e. The van der Waals surface area contributed by atoms with E-state index in [4.69, 9.17) is 10.5 Å². The van der Waals surface area contributed by atoms with E-state index >= 15 is 0 Å². The van der Waals surface area contributed by atoms with Crippen LogP contribution in [0.25, 0.3) is 28.1 Å². The monoisotopic (exact) mass is 470 g/mol. The van der Waals surface area contributed by atoms with E-state index in [0.29, 0.717) is 41.3 Å². The SMILES string of the molecule is CCC1(N)CCN(C(c2ccc3nnc(-c4ccc5cccc(OC)c5n4)n3c2)C(F)(F)F)C1. The molecule has 3 aromatic heterocycles. The van der Waals surface area contributed by atoms with Gasteiger partial charge in [0.2, 0.25) is 0 Å². The molecule has 7 nitrogen and oxygen atoms in total. The summed E-state index contributed by atoms with van der Waals surface area (Å²) in [5, 5.41) is 9.24. The number of hydrogen-bond donors (Lipinski definition) is 1. The Morgan fingerprint density at radius 3 is 2.68 bits per heavy atom. The van der Waals surface area contributed by atoms with Crippen LogP contribution in [0.3, 0.4) is 0 Å². The average molecular weight is 470 g/mol. The highest BCUT2D eigenvalue weighted by Gasteiger charge is 2.49. The van der Waals surface area contributed by atoms with E-state index in [2.05, 4.69) is 15.2 Å². The standard InChI is InChI=1S/C24H25F3N6O/c1-3-23(28)11-12-32(14-23)21(24(25,26)27)16-8-10-19-30-31-22(33(19)13-16)17-9-7-15-5-4-6-18(34-2)20(15)29-17/h4-10,13,21H,3,11-12,14,28H2,1-2H3. The number of rotatable bonds is 5. The Morgan fingerprint density at radius 1 is 1.15 bits per heavy atom. The van der Waals surface area contributed by atoms with Gasteiger partial charge in [0.15, 0.2) is 11.5 Å². The predicted molar refractivity (Wildman–Crippen MR) is 122 cm³/mol. The largest absolute Gasteiger partial charge is 0.494 e. The Kier molecular flexibility index (Phi) is 5.44. The molecule has 1 saturated heterocycles. The Labute approximate surface area is 194 Å². The molecule has 0 amide bonds. The van der Waals surface area contributed by atoms with Gasteiger partial charge in [-0.2, -0.15) is 13.2 Å². The van der Waals surface area contributed by atoms with Gasteiger partial charge < -0.3 is 10.5 Å². The van der Waals surface area contributed by atoms with Gasteiger partial charge in [-0.25, -0.2) is 4.98 Å². The lowest BCUT2D eigenvalue weighted by atomic mass is 9.97. The lowest BCUT2D eigenvalue weighted by molar-refractivity contribution is -0.184. The summed E-state index contributed by atoms with van der Waals surface area (Å²) in [6, 6.07) is 10.5. The fourth-order valence-electron chi connectivity index (χ4n) is 4.70. The first kappa shape index (κ1) is 22.5. The molecule has 0 radical (unpaired) electrons. The molecule has 0 spiro atoms. The van der Waals surface area contributed by atoms with Gasteiger partial charge in [-0.1, -0.05) is 31.2 Å². The minimum atomic E-state index is -4.46. The minimum absolute atomic E-state index is 0.111. The van der Waals surface area contributed by atoms with Gasteiger partial charge in [-0.05, 0) is 36.6 Å². The van der Waals surface area contributed by atoms with E-state index in [-0.39, 0.29) is 18.7 Å². The highest BCUT2D eigenvalue weighted by molar-refractivity contribution is 5.86. The smallest absolute Gasteiger partial charge is 0.408 e. The lowest BCUT2D eigenvalue weighted by Crippen LogP contribution is -2.44. The fourth-order valence-corrected chi connectivity index (χ4v) is 4.70. The van der Waals surface area contributed by atoms with Crippen LogP contribution in [-0.4, -0.2) is 56.4 Å². The van der Waals surface area contributed by atoms with Gasteiger partial charge in [-0.3, -0.25) is 9.30 Å². The Morgan fingerprint density at radius 2 is 1.97 bits per heavy atom. The van der Waals surface area contributed by atoms with Crippen molar-refractivity contribution in [3.8, 4) is 17.3 Å². The Balaban J connectivity index is 1.60. The molecule has 0 bridgehead atoms. The molecule has 10 heteroatoms. The normalized spacial score (nSPS) is 20.3. The minimum Gasteiger partial charge on any atom is -0.494 e. The highest BCUT2D eigenvalue weighted by atomic mass is 19.4. The van der Waals surface area contributed by atoms with Crippen LogP contribution in [-0.2, 0) is 0 Å². The number of ether oxygens (including phenoxy) is 1. The summed E-state index contributed by atoms with van der Waals surface area (Å²) < 4.78 is 49.8. The third-order valence-corrected chi connectivity index (χ3v) is 6.67. The molecule has 4 aromatic rings. The molecule has 1 aromatic carbocycles. The number of para-hydroxylation sites is 1. The zero-order chi connectivity index (χ0) is 24.1. The predicted octanol–water partition coefficient (Wildman–Crippen LogP) is 4.37. The summed E-state index contributed by atoms with van der Waals surface area (Å²) in [4.78, 5) is 6.10. The molecular weight excluding hydrogens is 445 g/mol. The quantitative estimate of drug-likeness (QED) is 0.467. The number of hydrogen-bond acceptors (Lipinski definition) is 6. The van der Waals surface area contributed by atoms with Crippen molar-refractivity contribution in [2.24, 2.45) is 5.73 Å². The van der Waals surface area contributed by atoms with Crippen molar-refractivity contribution in [3.05, 3.63) is 54.2 Å². The van der Waals surface area contributed by atoms with Crippen molar-refractivity contribution in [1.82, 2.24) is 24.5 Å². The molecule has 2 N–H and O–H groups in total. The number of aromatic nitrogens is 4. The van der Waals surface area contributed by atoms with E-state index in [1.54, 1.807) is 29.7 Å². The molecule has 1 aliphatic rings. The number of halogens is 3. The summed E-state index contributed by atoms with van der Waals surface area (Å²) in [6.45, 7) is 2.38. The number of methoxy groups -OCH3 is 1. The molecule has 34 heavy (non-hydrogen) atoms. The van der Waals surface area contributed by atoms with Crippen LogP contribution in [0.4, 0.5) is 13.2 Å². The second-order valence-electron chi connectivity index (χ2n) is 8.82. The number of benzene rings is 1. The molecular formula is C24H25F3N6O. The van der Waals surface area contributed by atoms with Gasteiger partial charge >= 0.3 is 6.18 Å². The van der Waals surface area contributed by atoms with Crippen LogP contribution < -0.4 is 10.5 Å². The number of likely N-dealkylation sites (tertiary alicyclic amines) is 1. The maximum atomic E-state index is 14.3. The first-order valence-corrected chi connectivity index (χ1v) is 11.1. The molecule has 178 valence electrons. The number of fused-ring (bicyclic) bond motifs is 2. The lowest BCUT2D eigenvalue weighted by Gasteiger charge is -2.31. The first-order chi connectivity index (χ1) is 16.2. The molecule has 0 aliphatic carbocycles. The van der Waals surface area contributed by atoms with Gasteiger partial charge in [0.1, 0.15) is 23.0 Å². The van der Waals surface area contributed by atoms with E-state index < -0.39 is 17.8 Å². The molecule has 2 unspecified atom stereocenters. The molecule has 1 aliphatic heterocycles. The van der Waals surface area contributed by atoms with Gasteiger partial charge in [0.05, 0.1) is 7.11 Å². The highest BCUT2D eigenvalue weighted by Crippen LogP contribution is 2.41. The van der Waals surface area contributed by atoms with Gasteiger partial charge in [-0.15, -0.1) is 10.2 Å². The second-order valence-corrected chi connectivity index (χ2v) is 8.82. The summed E-state index contributed by atoms with van der Waals surface area (Å²) in [7, 11) is 1.56. The van der Waals surface area contributed by atoms with Crippen molar-refractivity contribution < 1.29 is 17.9 Å². The molecule has 2 atom stereocenters. The van der Waals surface area contributed by atoms with Crippen LogP contribution in [0, 0.1) is 0 Å². The second kappa shape index (κ2) is 8.21. The molecule has 5 rings (SSSR count). The maximum absolute atomic E-state index is 14.3. The van der Waals surface area contributed by atoms with Crippen LogP contribution in [0.1, 0.15) is 31.4 Å². The zero-order valence-corrected chi connectivity index (χ0v) is 18.9. The van der Waals surface area contributed by atoms with Crippen molar-refractivity contribution in [3.63, 3.8) is 0 Å². The van der Waals surface area contributed by atoms with Gasteiger partial charge in [0, 0.05) is 30.2 Å². The summed E-state index contributed by atoms with van der Waals surface area (Å²) in [5.41, 5.74) is 7.36. The third-order valence-electron chi connectivity index (χ3n) is 6.67. The average Bonchev–Trinajstić information content (AvgIpc) is 3.41. The van der Waals surface area contributed by atoms with Crippen LogP contribution >= 0.6 is 0 Å². The van der Waals surface area contributed by atoms with Gasteiger partial charge in [0.25, 0.3) is 0 Å². The first-order valence-electron chi connectivity index (χ1n) is 11.1. The van der Waals surface area contributed by atoms with Crippen LogP contribution in [0.5, 0.6) is 5.75 Å². The van der Waals surface area contributed by atoms with E-state index in [1.807, 2.05) is 25.1 Å². The Bertz CT molecular complexity index is 1350. The molecule has 4 heterocycles. The summed E-state index contributed by atoms with van der Waals surface area (Å²) in [5.74, 6) is 0.954. The van der Waals surface area contributed by atoms with Crippen LogP contribution in [0.2, 0.25) is 0 Å². The van der Waals surface area contributed by atoms with Crippen LogP contribution in [0.15, 0.2) is 48.7 Å². The molecule has 1 fully saturated rings. The van der Waals surface area contributed by atoms with E-state index in [0.717, 1.165) is 5.39 Å². The number of pyridine rings is 2. The third kappa shape index (κ3) is 3.86. The fraction of sp³-hybridized carbons (Fsp3) is 0.375. The zero-order valence-electron chi connectivity index (χ0n) is 18.9. The van der Waals surface area contributed by atoms with E-state index in [1.165, 1.54) is 17.2 Å². The number of nitrogens with two attached hydrogens (primary N) is 1. The summed E-state index contributed by atoms with van der Waals surface area (Å²) >= 11 is 0. The molecule has 0 saturated carbocycles. The summed E-state index contributed by atoms with van der Waals surface area (Å²) in [6.07, 6.45) is -1.85. The van der Waals surface area contributed by atoms with Crippen molar-refractivity contribution in [2.75, 3.05) is 20.2 Å².